The molecule has 0 saturated carbocycles. The Morgan fingerprint density at radius 1 is 0.929 bits per heavy atom. The van der Waals surface area contributed by atoms with E-state index in [1.165, 1.54) is 13.0 Å². The summed E-state index contributed by atoms with van der Waals surface area (Å²) >= 11 is 0. The fraction of sp³-hybridized carbons (Fsp3) is 0.952. The highest BCUT2D eigenvalue weighted by Crippen LogP contribution is 2.14. The van der Waals surface area contributed by atoms with E-state index in [0.717, 1.165) is 45.2 Å². The smallest absolute Gasteiger partial charge is 0.207 e. The molecule has 7 heteroatoms. The minimum atomic E-state index is -0.560. The molecule has 0 aliphatic carbocycles. The standard InChI is InChI=1S/C10H20N2O.C9H19NO2.C2H6O/c1-9(2)12-6-3-4-10(5-7-12)11-8-13;1-7(2)10-5-3-4-8(11)9(12)6-10;1-2-3/h8-10H,3-7H2,1-2H3,(H,11,13);7-9,11-12H,3-6H2,1-2H3;3H,2H2,1H3. The summed E-state index contributed by atoms with van der Waals surface area (Å²) in [6, 6.07) is 1.50. The first-order valence-corrected chi connectivity index (χ1v) is 10.9. The van der Waals surface area contributed by atoms with Crippen molar-refractivity contribution in [3.8, 4) is 0 Å². The number of hydrogen-bond acceptors (Lipinski definition) is 6. The van der Waals surface area contributed by atoms with E-state index >= 15 is 0 Å². The zero-order valence-corrected chi connectivity index (χ0v) is 18.7. The molecule has 4 N–H and O–H groups in total. The summed E-state index contributed by atoms with van der Waals surface area (Å²) in [5.74, 6) is 0. The van der Waals surface area contributed by atoms with Gasteiger partial charge in [-0.1, -0.05) is 0 Å². The lowest BCUT2D eigenvalue weighted by atomic mass is 10.1. The zero-order valence-electron chi connectivity index (χ0n) is 18.7. The molecule has 168 valence electrons. The maximum absolute atomic E-state index is 10.3. The first-order valence-electron chi connectivity index (χ1n) is 10.9. The van der Waals surface area contributed by atoms with Gasteiger partial charge in [-0.15, -0.1) is 0 Å². The van der Waals surface area contributed by atoms with E-state index in [1.807, 2.05) is 0 Å². The number of rotatable bonds is 4. The quantitative estimate of drug-likeness (QED) is 0.527. The molecule has 0 aromatic carbocycles. The number of nitrogens with one attached hydrogen (secondary N) is 1. The second kappa shape index (κ2) is 16.1. The van der Waals surface area contributed by atoms with Crippen LogP contribution in [0.5, 0.6) is 0 Å². The fourth-order valence-electron chi connectivity index (χ4n) is 3.52. The third-order valence-electron chi connectivity index (χ3n) is 5.34. The van der Waals surface area contributed by atoms with Crippen LogP contribution in [0.15, 0.2) is 0 Å². The van der Waals surface area contributed by atoms with E-state index in [2.05, 4.69) is 42.8 Å². The Hall–Kier alpha value is -0.730. The molecule has 0 bridgehead atoms. The SMILES string of the molecule is CC(C)N1CCCC(NC=O)CC1.CC(C)N1CCCC(O)C(O)C1.CCO. The van der Waals surface area contributed by atoms with Crippen LogP contribution in [0.2, 0.25) is 0 Å². The first-order chi connectivity index (χ1) is 13.3. The van der Waals surface area contributed by atoms with E-state index in [1.54, 1.807) is 6.92 Å². The van der Waals surface area contributed by atoms with Crippen molar-refractivity contribution in [3.05, 3.63) is 0 Å². The second-order valence-corrected chi connectivity index (χ2v) is 8.22. The van der Waals surface area contributed by atoms with Crippen molar-refractivity contribution in [2.75, 3.05) is 32.8 Å². The van der Waals surface area contributed by atoms with E-state index < -0.39 is 12.2 Å². The summed E-state index contributed by atoms with van der Waals surface area (Å²) in [6.07, 6.45) is 4.88. The summed E-state index contributed by atoms with van der Waals surface area (Å²) in [5.41, 5.74) is 0. The lowest BCUT2D eigenvalue weighted by Crippen LogP contribution is -2.39. The monoisotopic (exact) mass is 403 g/mol. The predicted molar refractivity (Wildman–Crippen MR) is 114 cm³/mol. The number of β-amino-alcohol motifs (C(OH)–C–C–N with tert-alkyl or cyclic N) is 1. The van der Waals surface area contributed by atoms with Crippen LogP contribution in [-0.4, -0.2) is 94.6 Å². The van der Waals surface area contributed by atoms with E-state index in [4.69, 9.17) is 5.11 Å². The average molecular weight is 404 g/mol. The van der Waals surface area contributed by atoms with Crippen LogP contribution in [0.3, 0.4) is 0 Å². The highest BCUT2D eigenvalue weighted by molar-refractivity contribution is 5.46. The fourth-order valence-corrected chi connectivity index (χ4v) is 3.52. The average Bonchev–Trinajstić information content (AvgIpc) is 2.96. The van der Waals surface area contributed by atoms with Gasteiger partial charge < -0.3 is 25.5 Å². The molecule has 0 aromatic heterocycles. The Bertz CT molecular complexity index is 383. The molecule has 1 amide bonds. The van der Waals surface area contributed by atoms with Gasteiger partial charge >= 0.3 is 0 Å². The molecule has 2 saturated heterocycles. The number of carbonyl (C=O) groups excluding carboxylic acids is 1. The molecule has 0 radical (unpaired) electrons. The number of aliphatic hydroxyl groups is 3. The van der Waals surface area contributed by atoms with Crippen molar-refractivity contribution >= 4 is 6.41 Å². The topological polar surface area (TPSA) is 96.3 Å². The molecule has 3 unspecified atom stereocenters. The van der Waals surface area contributed by atoms with Gasteiger partial charge in [0.15, 0.2) is 0 Å². The van der Waals surface area contributed by atoms with Crippen LogP contribution < -0.4 is 5.32 Å². The summed E-state index contributed by atoms with van der Waals surface area (Å²) < 4.78 is 0. The second-order valence-electron chi connectivity index (χ2n) is 8.22. The summed E-state index contributed by atoms with van der Waals surface area (Å²) in [4.78, 5) is 15.0. The summed E-state index contributed by atoms with van der Waals surface area (Å²) in [5, 5.41) is 29.3. The molecule has 0 aromatic rings. The minimum absolute atomic E-state index is 0.250. The third kappa shape index (κ3) is 12.0. The Morgan fingerprint density at radius 3 is 2.00 bits per heavy atom. The Morgan fingerprint density at radius 2 is 1.46 bits per heavy atom. The largest absolute Gasteiger partial charge is 0.397 e. The highest BCUT2D eigenvalue weighted by atomic mass is 16.3. The van der Waals surface area contributed by atoms with E-state index in [0.29, 0.717) is 24.7 Å². The molecule has 2 heterocycles. The van der Waals surface area contributed by atoms with Crippen LogP contribution in [0.1, 0.15) is 66.7 Å². The van der Waals surface area contributed by atoms with Crippen molar-refractivity contribution in [1.29, 1.82) is 0 Å². The van der Waals surface area contributed by atoms with E-state index in [-0.39, 0.29) is 6.61 Å². The van der Waals surface area contributed by atoms with Crippen LogP contribution in [0.4, 0.5) is 0 Å². The highest BCUT2D eigenvalue weighted by Gasteiger charge is 2.24. The lowest BCUT2D eigenvalue weighted by Gasteiger charge is -2.26. The molecule has 28 heavy (non-hydrogen) atoms. The van der Waals surface area contributed by atoms with Gasteiger partial charge in [0.25, 0.3) is 0 Å². The Balaban J connectivity index is 0.000000458. The van der Waals surface area contributed by atoms with Gasteiger partial charge in [0.1, 0.15) is 0 Å². The Kier molecular flexibility index (Phi) is 15.7. The molecule has 2 rings (SSSR count). The first kappa shape index (κ1) is 27.3. The molecule has 2 fully saturated rings. The van der Waals surface area contributed by atoms with Gasteiger partial charge in [-0.25, -0.2) is 0 Å². The number of carbonyl (C=O) groups is 1. The number of nitrogens with zero attached hydrogens (tertiary/aromatic N) is 2. The van der Waals surface area contributed by atoms with Crippen molar-refractivity contribution in [1.82, 2.24) is 15.1 Å². The predicted octanol–water partition coefficient (Wildman–Crippen LogP) is 1.21. The van der Waals surface area contributed by atoms with Gasteiger partial charge in [-0.05, 0) is 79.8 Å². The van der Waals surface area contributed by atoms with Crippen molar-refractivity contribution in [2.24, 2.45) is 0 Å². The molecular weight excluding hydrogens is 358 g/mol. The summed E-state index contributed by atoms with van der Waals surface area (Å²) in [7, 11) is 0. The van der Waals surface area contributed by atoms with Gasteiger partial charge in [-0.2, -0.15) is 0 Å². The van der Waals surface area contributed by atoms with Crippen LogP contribution >= 0.6 is 0 Å². The molecule has 2 aliphatic rings. The minimum Gasteiger partial charge on any atom is -0.397 e. The zero-order chi connectivity index (χ0) is 21.5. The Labute approximate surface area is 172 Å². The normalized spacial score (nSPS) is 27.0. The van der Waals surface area contributed by atoms with Gasteiger partial charge in [0, 0.05) is 37.8 Å². The number of amides is 1. The van der Waals surface area contributed by atoms with Gasteiger partial charge in [0.2, 0.25) is 6.41 Å². The molecule has 7 nitrogen and oxygen atoms in total. The number of likely N-dealkylation sites (tertiary alicyclic amines) is 2. The van der Waals surface area contributed by atoms with Gasteiger partial charge in [0.05, 0.1) is 12.2 Å². The van der Waals surface area contributed by atoms with Crippen LogP contribution in [-0.2, 0) is 4.79 Å². The molecule has 2 aliphatic heterocycles. The lowest BCUT2D eigenvalue weighted by molar-refractivity contribution is -0.110. The van der Waals surface area contributed by atoms with Gasteiger partial charge in [-0.3, -0.25) is 9.69 Å². The number of aliphatic hydroxyl groups excluding tert-OH is 3. The maximum atomic E-state index is 10.3. The van der Waals surface area contributed by atoms with Crippen LogP contribution in [0.25, 0.3) is 0 Å². The molecular formula is C21H45N3O4. The van der Waals surface area contributed by atoms with E-state index in [9.17, 15) is 15.0 Å². The van der Waals surface area contributed by atoms with Crippen molar-refractivity contribution < 1.29 is 20.1 Å². The molecule has 0 spiro atoms. The van der Waals surface area contributed by atoms with Crippen molar-refractivity contribution in [3.63, 3.8) is 0 Å². The van der Waals surface area contributed by atoms with Crippen LogP contribution in [0, 0.1) is 0 Å². The maximum Gasteiger partial charge on any atom is 0.207 e. The molecule has 3 atom stereocenters. The third-order valence-corrected chi connectivity index (χ3v) is 5.34. The van der Waals surface area contributed by atoms with Crippen molar-refractivity contribution in [2.45, 2.75) is 97.1 Å². The number of hydrogen-bond donors (Lipinski definition) is 4. The summed E-state index contributed by atoms with van der Waals surface area (Å²) in [6.45, 7) is 14.5.